The fourth-order valence-electron chi connectivity index (χ4n) is 2.66. The van der Waals surface area contributed by atoms with Crippen molar-refractivity contribution in [3.05, 3.63) is 52.8 Å². The van der Waals surface area contributed by atoms with Crippen LogP contribution >= 0.6 is 26.0 Å². The molecule has 1 heterocycles. The Morgan fingerprint density at radius 2 is 1.88 bits per heavy atom. The Morgan fingerprint density at radius 1 is 1.25 bits per heavy atom. The normalized spacial score (nSPS) is 12.0. The van der Waals surface area contributed by atoms with Crippen LogP contribution in [0.2, 0.25) is 0 Å². The molecule has 0 unspecified atom stereocenters. The molecule has 1 aromatic heterocycles. The fraction of sp³-hybridized carbons (Fsp3) is 0.368. The Bertz CT molecular complexity index is 779. The summed E-state index contributed by atoms with van der Waals surface area (Å²) >= 11 is 3.27. The molecule has 0 spiro atoms. The van der Waals surface area contributed by atoms with Gasteiger partial charge < -0.3 is 4.57 Å². The number of rotatable bonds is 6. The molecule has 0 fully saturated rings. The zero-order valence-electron chi connectivity index (χ0n) is 14.6. The predicted octanol–water partition coefficient (Wildman–Crippen LogP) is 4.47. The van der Waals surface area contributed by atoms with E-state index in [1.54, 1.807) is 0 Å². The molecular weight excluding hydrogens is 384 g/mol. The largest absolute Gasteiger partial charge is 0.317 e. The Balaban J connectivity index is 2.51. The highest BCUT2D eigenvalue weighted by atomic mass is 79.9. The molecule has 0 radical (unpaired) electrons. The molecule has 3 nitrogen and oxygen atoms in total. The van der Waals surface area contributed by atoms with E-state index in [1.807, 2.05) is 37.3 Å². The molecule has 0 amide bonds. The SMILES string of the molecule is Cc1c(C(=O)CBr)cc(CCS(C)(C)C)n1-c1ccc(C#N)cc1. The van der Waals surface area contributed by atoms with Crippen LogP contribution in [0.15, 0.2) is 30.3 Å². The molecule has 0 atom stereocenters. The van der Waals surface area contributed by atoms with Crippen LogP contribution in [0.4, 0.5) is 0 Å². The van der Waals surface area contributed by atoms with Crippen molar-refractivity contribution in [1.29, 1.82) is 5.26 Å². The highest BCUT2D eigenvalue weighted by molar-refractivity contribution is 9.09. The number of aryl methyl sites for hydroxylation is 1. The predicted molar refractivity (Wildman–Crippen MR) is 107 cm³/mol. The molecule has 5 heteroatoms. The number of aromatic nitrogens is 1. The number of carbonyl (C=O) groups is 1. The maximum atomic E-state index is 12.2. The molecule has 0 bridgehead atoms. The topological polar surface area (TPSA) is 45.8 Å². The summed E-state index contributed by atoms with van der Waals surface area (Å²) in [5, 5.41) is 9.32. The zero-order valence-corrected chi connectivity index (χ0v) is 17.0. The molecule has 0 aliphatic rings. The second kappa shape index (κ2) is 7.58. The van der Waals surface area contributed by atoms with E-state index in [-0.39, 0.29) is 5.78 Å². The van der Waals surface area contributed by atoms with Gasteiger partial charge in [-0.2, -0.15) is 5.26 Å². The van der Waals surface area contributed by atoms with E-state index in [0.717, 1.165) is 34.8 Å². The third-order valence-electron chi connectivity index (χ3n) is 3.97. The molecule has 24 heavy (non-hydrogen) atoms. The smallest absolute Gasteiger partial charge is 0.175 e. The van der Waals surface area contributed by atoms with Crippen molar-refractivity contribution in [3.63, 3.8) is 0 Å². The fourth-order valence-corrected chi connectivity index (χ4v) is 3.79. The lowest BCUT2D eigenvalue weighted by Crippen LogP contribution is -2.08. The monoisotopic (exact) mass is 406 g/mol. The Labute approximate surface area is 154 Å². The maximum Gasteiger partial charge on any atom is 0.175 e. The van der Waals surface area contributed by atoms with Gasteiger partial charge in [-0.1, -0.05) is 15.9 Å². The summed E-state index contributed by atoms with van der Waals surface area (Å²) in [5.41, 5.74) is 4.53. The number of Topliss-reactive ketones (excluding diaryl/α,β-unsaturated/α-hetero) is 1. The van der Waals surface area contributed by atoms with Crippen molar-refractivity contribution in [2.45, 2.75) is 13.3 Å². The van der Waals surface area contributed by atoms with Crippen molar-refractivity contribution in [3.8, 4) is 11.8 Å². The Hall–Kier alpha value is -1.51. The van der Waals surface area contributed by atoms with Crippen LogP contribution in [0.25, 0.3) is 5.69 Å². The number of carbonyl (C=O) groups excluding carboxylic acids is 1. The standard InChI is InChI=1S/C19H23BrN2OS/c1-14-18(19(23)12-20)11-17(9-10-24(2,3)4)22(14)16-7-5-15(13-21)6-8-16/h5-8,11H,9-10,12H2,1-4H3. The van der Waals surface area contributed by atoms with Gasteiger partial charge in [0.25, 0.3) is 0 Å². The van der Waals surface area contributed by atoms with Gasteiger partial charge in [-0.15, -0.1) is 0 Å². The maximum absolute atomic E-state index is 12.2. The van der Waals surface area contributed by atoms with Crippen LogP contribution in [0.1, 0.15) is 27.3 Å². The first-order chi connectivity index (χ1) is 11.3. The average molecular weight is 407 g/mol. The summed E-state index contributed by atoms with van der Waals surface area (Å²) in [5.74, 6) is 1.22. The highest BCUT2D eigenvalue weighted by Crippen LogP contribution is 2.36. The summed E-state index contributed by atoms with van der Waals surface area (Å²) in [6.45, 7) is 1.99. The average Bonchev–Trinajstić information content (AvgIpc) is 2.88. The van der Waals surface area contributed by atoms with Gasteiger partial charge >= 0.3 is 0 Å². The number of hydrogen-bond acceptors (Lipinski definition) is 2. The van der Waals surface area contributed by atoms with Crippen LogP contribution in [0.5, 0.6) is 0 Å². The van der Waals surface area contributed by atoms with Crippen LogP contribution in [0.3, 0.4) is 0 Å². The third kappa shape index (κ3) is 4.31. The summed E-state index contributed by atoms with van der Waals surface area (Å²) < 4.78 is 2.15. The van der Waals surface area contributed by atoms with Gasteiger partial charge in [0.15, 0.2) is 5.78 Å². The first-order valence-corrected chi connectivity index (χ1v) is 11.9. The van der Waals surface area contributed by atoms with Crippen LogP contribution < -0.4 is 0 Å². The summed E-state index contributed by atoms with van der Waals surface area (Å²) in [7, 11) is -0.612. The van der Waals surface area contributed by atoms with Crippen molar-refractivity contribution < 1.29 is 4.79 Å². The van der Waals surface area contributed by atoms with Gasteiger partial charge in [-0.3, -0.25) is 4.79 Å². The molecule has 0 N–H and O–H groups in total. The number of ketones is 1. The van der Waals surface area contributed by atoms with Gasteiger partial charge in [0.2, 0.25) is 0 Å². The van der Waals surface area contributed by atoms with Crippen molar-refractivity contribution in [2.75, 3.05) is 29.9 Å². The van der Waals surface area contributed by atoms with Gasteiger partial charge in [0.1, 0.15) is 0 Å². The number of alkyl halides is 1. The van der Waals surface area contributed by atoms with Gasteiger partial charge in [0.05, 0.1) is 17.0 Å². The molecule has 0 saturated carbocycles. The third-order valence-corrected chi connectivity index (χ3v) is 5.91. The number of nitriles is 1. The molecular formula is C19H23BrN2OS. The quantitative estimate of drug-likeness (QED) is 0.524. The van der Waals surface area contributed by atoms with Crippen LogP contribution in [-0.4, -0.2) is 40.2 Å². The first kappa shape index (κ1) is 18.8. The van der Waals surface area contributed by atoms with Gasteiger partial charge in [0, 0.05) is 22.6 Å². The van der Waals surface area contributed by atoms with E-state index in [9.17, 15) is 4.79 Å². The molecule has 0 saturated heterocycles. The number of nitrogens with zero attached hydrogens (tertiary/aromatic N) is 2. The lowest BCUT2D eigenvalue weighted by molar-refractivity contribution is 0.102. The molecule has 0 aliphatic heterocycles. The van der Waals surface area contributed by atoms with Crippen molar-refractivity contribution in [2.24, 2.45) is 0 Å². The summed E-state index contributed by atoms with van der Waals surface area (Å²) in [6, 6.07) is 11.7. The van der Waals surface area contributed by atoms with E-state index < -0.39 is 10.0 Å². The van der Waals surface area contributed by atoms with Crippen LogP contribution in [-0.2, 0) is 6.42 Å². The zero-order chi connectivity index (χ0) is 17.9. The van der Waals surface area contributed by atoms with E-state index in [1.165, 1.54) is 0 Å². The first-order valence-electron chi connectivity index (χ1n) is 7.74. The summed E-state index contributed by atoms with van der Waals surface area (Å²) in [6.07, 6.45) is 7.85. The lowest BCUT2D eigenvalue weighted by Gasteiger charge is -2.25. The minimum absolute atomic E-state index is 0.101. The molecule has 0 aliphatic carbocycles. The van der Waals surface area contributed by atoms with Crippen LogP contribution in [0, 0.1) is 18.3 Å². The molecule has 2 rings (SSSR count). The minimum Gasteiger partial charge on any atom is -0.317 e. The number of benzene rings is 1. The second-order valence-electron chi connectivity index (χ2n) is 6.73. The Kier molecular flexibility index (Phi) is 5.95. The molecule has 1 aromatic carbocycles. The second-order valence-corrected chi connectivity index (χ2v) is 11.9. The minimum atomic E-state index is -0.612. The number of hydrogen-bond donors (Lipinski definition) is 0. The summed E-state index contributed by atoms with van der Waals surface area (Å²) in [4.78, 5) is 12.2. The van der Waals surface area contributed by atoms with E-state index in [4.69, 9.17) is 5.26 Å². The highest BCUT2D eigenvalue weighted by Gasteiger charge is 2.18. The van der Waals surface area contributed by atoms with Crippen molar-refractivity contribution in [1.82, 2.24) is 4.57 Å². The van der Waals surface area contributed by atoms with E-state index in [0.29, 0.717) is 10.9 Å². The van der Waals surface area contributed by atoms with E-state index >= 15 is 0 Å². The molecule has 2 aromatic rings. The molecule has 128 valence electrons. The lowest BCUT2D eigenvalue weighted by atomic mass is 10.2. The van der Waals surface area contributed by atoms with Gasteiger partial charge in [-0.05, 0) is 68.2 Å². The van der Waals surface area contributed by atoms with Gasteiger partial charge in [-0.25, -0.2) is 10.0 Å². The van der Waals surface area contributed by atoms with Crippen molar-refractivity contribution >= 4 is 31.7 Å². The number of halogens is 1. The Morgan fingerprint density at radius 3 is 2.38 bits per heavy atom. The van der Waals surface area contributed by atoms with E-state index in [2.05, 4.69) is 45.3 Å².